The van der Waals surface area contributed by atoms with Crippen molar-refractivity contribution in [3.05, 3.63) is 18.2 Å². The third-order valence-corrected chi connectivity index (χ3v) is 4.09. The molecule has 0 saturated carbocycles. The number of rotatable bonds is 3. The van der Waals surface area contributed by atoms with Crippen molar-refractivity contribution in [2.24, 2.45) is 8.73 Å². The number of hydrogen-bond acceptors (Lipinski definition) is 5. The van der Waals surface area contributed by atoms with Crippen molar-refractivity contribution in [1.82, 2.24) is 10.2 Å². The standard InChI is InChI=1S/C13H17N5OS.ClH/c1-9-7-14-5-6-18(9)8-12(19)15-10-3-2-4-11-13(10)17-20-16-11;/h2-4,9,14H,5-8H2,1H3,(H,15,19);1H/t9-;/m0./s1. The van der Waals surface area contributed by atoms with Gasteiger partial charge in [-0.3, -0.25) is 9.69 Å². The van der Waals surface area contributed by atoms with Crippen molar-refractivity contribution < 1.29 is 4.79 Å². The second-order valence-corrected chi connectivity index (χ2v) is 5.54. The molecule has 0 unspecified atom stereocenters. The molecule has 0 spiro atoms. The van der Waals surface area contributed by atoms with E-state index >= 15 is 0 Å². The molecule has 1 aromatic carbocycles. The maximum absolute atomic E-state index is 12.2. The fourth-order valence-corrected chi connectivity index (χ4v) is 2.95. The van der Waals surface area contributed by atoms with E-state index in [9.17, 15) is 4.79 Å². The predicted molar refractivity (Wildman–Crippen MR) is 87.8 cm³/mol. The van der Waals surface area contributed by atoms with Gasteiger partial charge in [-0.25, -0.2) is 0 Å². The van der Waals surface area contributed by atoms with Gasteiger partial charge in [-0.1, -0.05) is 6.07 Å². The monoisotopic (exact) mass is 327 g/mol. The van der Waals surface area contributed by atoms with Gasteiger partial charge in [0.2, 0.25) is 5.91 Å². The molecule has 8 heteroatoms. The van der Waals surface area contributed by atoms with Crippen molar-refractivity contribution in [2.75, 3.05) is 31.5 Å². The van der Waals surface area contributed by atoms with Crippen LogP contribution in [-0.2, 0) is 16.1 Å². The first-order valence-corrected chi connectivity index (χ1v) is 7.43. The van der Waals surface area contributed by atoms with E-state index in [1.165, 1.54) is 0 Å². The highest BCUT2D eigenvalue weighted by Gasteiger charge is 2.21. The van der Waals surface area contributed by atoms with Gasteiger partial charge < -0.3 is 10.6 Å². The summed E-state index contributed by atoms with van der Waals surface area (Å²) in [6.45, 7) is 5.31. The number of nitrogens with one attached hydrogen (secondary N) is 2. The van der Waals surface area contributed by atoms with Gasteiger partial charge in [-0.05, 0) is 19.1 Å². The average molecular weight is 328 g/mol. The lowest BCUT2D eigenvalue weighted by atomic mass is 10.2. The zero-order valence-corrected chi connectivity index (χ0v) is 13.3. The molecular weight excluding hydrogens is 310 g/mol. The summed E-state index contributed by atoms with van der Waals surface area (Å²) in [5.74, 6) is -0.000694. The van der Waals surface area contributed by atoms with E-state index < -0.39 is 0 Å². The summed E-state index contributed by atoms with van der Waals surface area (Å²) >= 11 is 1.16. The zero-order chi connectivity index (χ0) is 13.9. The lowest BCUT2D eigenvalue weighted by molar-refractivity contribution is -0.118. The molecule has 6 nitrogen and oxygen atoms in total. The summed E-state index contributed by atoms with van der Waals surface area (Å²) in [5.41, 5.74) is 2.33. The Labute approximate surface area is 133 Å². The Morgan fingerprint density at radius 2 is 2.38 bits per heavy atom. The molecule has 1 atom stereocenters. The molecular formula is C13H18ClN5OS. The number of carbonyl (C=O) groups excluding carboxylic acids is 1. The largest absolute Gasteiger partial charge is 0.323 e. The van der Waals surface area contributed by atoms with Crippen molar-refractivity contribution in [3.63, 3.8) is 0 Å². The number of piperazine rings is 1. The molecule has 1 fully saturated rings. The first-order chi connectivity index (χ1) is 9.74. The van der Waals surface area contributed by atoms with Crippen LogP contribution in [0.2, 0.25) is 0 Å². The average Bonchev–Trinajstić information content (AvgIpc) is 2.91. The molecule has 2 N–H and O–H groups in total. The van der Waals surface area contributed by atoms with Crippen LogP contribution in [0.15, 0.2) is 26.9 Å². The second kappa shape index (κ2) is 7.13. The number of hydrogen-bond donors (Lipinski definition) is 2. The SMILES string of the molecule is C[C@H]1CNCCN1CC(=O)Nc1cccc2c1N=S=N2.Cl. The molecule has 0 radical (unpaired) electrons. The number of benzene rings is 1. The van der Waals surface area contributed by atoms with Crippen LogP contribution in [0.1, 0.15) is 6.92 Å². The van der Waals surface area contributed by atoms with Crippen LogP contribution >= 0.6 is 12.4 Å². The smallest absolute Gasteiger partial charge is 0.238 e. The summed E-state index contributed by atoms with van der Waals surface area (Å²) in [6, 6.07) is 6.02. The van der Waals surface area contributed by atoms with Gasteiger partial charge in [0.25, 0.3) is 0 Å². The zero-order valence-electron chi connectivity index (χ0n) is 11.7. The van der Waals surface area contributed by atoms with E-state index in [4.69, 9.17) is 0 Å². The van der Waals surface area contributed by atoms with Crippen molar-refractivity contribution in [1.29, 1.82) is 0 Å². The van der Waals surface area contributed by atoms with Crippen LogP contribution in [0.25, 0.3) is 0 Å². The first kappa shape index (κ1) is 16.1. The molecule has 1 aromatic rings. The quantitative estimate of drug-likeness (QED) is 0.906. The minimum atomic E-state index is -0.000694. The second-order valence-electron chi connectivity index (χ2n) is 5.01. The molecule has 2 aliphatic rings. The number of carbonyl (C=O) groups is 1. The van der Waals surface area contributed by atoms with Crippen LogP contribution in [0.3, 0.4) is 0 Å². The van der Waals surface area contributed by atoms with E-state index in [0.29, 0.717) is 12.6 Å². The topological polar surface area (TPSA) is 69.1 Å². The van der Waals surface area contributed by atoms with Crippen molar-refractivity contribution in [2.45, 2.75) is 13.0 Å². The van der Waals surface area contributed by atoms with Gasteiger partial charge in [0, 0.05) is 25.7 Å². The number of nitrogens with zero attached hydrogens (tertiary/aromatic N) is 3. The fraction of sp³-hybridized carbons (Fsp3) is 0.462. The highest BCUT2D eigenvalue weighted by Crippen LogP contribution is 2.38. The van der Waals surface area contributed by atoms with Gasteiger partial charge in [0.15, 0.2) is 0 Å². The Kier molecular flexibility index (Phi) is 5.46. The molecule has 0 aromatic heterocycles. The molecule has 21 heavy (non-hydrogen) atoms. The minimum Gasteiger partial charge on any atom is -0.323 e. The molecule has 3 rings (SSSR count). The first-order valence-electron chi connectivity index (χ1n) is 6.70. The third-order valence-electron chi connectivity index (χ3n) is 3.55. The molecule has 114 valence electrons. The molecule has 2 heterocycles. The van der Waals surface area contributed by atoms with Crippen LogP contribution in [0.4, 0.5) is 17.1 Å². The van der Waals surface area contributed by atoms with Crippen molar-refractivity contribution >= 4 is 46.7 Å². The summed E-state index contributed by atoms with van der Waals surface area (Å²) < 4.78 is 8.40. The number of fused-ring (bicyclic) bond motifs is 1. The fourth-order valence-electron chi connectivity index (χ4n) is 2.40. The maximum atomic E-state index is 12.2. The van der Waals surface area contributed by atoms with Crippen molar-refractivity contribution in [3.8, 4) is 0 Å². The third kappa shape index (κ3) is 3.68. The Morgan fingerprint density at radius 3 is 3.19 bits per heavy atom. The van der Waals surface area contributed by atoms with Gasteiger partial charge in [-0.2, -0.15) is 8.73 Å². The summed E-state index contributed by atoms with van der Waals surface area (Å²) in [7, 11) is 0. The Hall–Kier alpha value is -1.28. The van der Waals surface area contributed by atoms with Crippen LogP contribution in [0.5, 0.6) is 0 Å². The number of halogens is 1. The molecule has 1 amide bonds. The number of anilines is 1. The lowest BCUT2D eigenvalue weighted by Gasteiger charge is -2.33. The Bertz CT molecular complexity index is 602. The van der Waals surface area contributed by atoms with E-state index in [1.807, 2.05) is 18.2 Å². The van der Waals surface area contributed by atoms with E-state index in [-0.39, 0.29) is 18.3 Å². The Balaban J connectivity index is 0.00000161. The van der Waals surface area contributed by atoms with E-state index in [2.05, 4.69) is 31.2 Å². The Morgan fingerprint density at radius 1 is 1.52 bits per heavy atom. The number of amides is 1. The maximum Gasteiger partial charge on any atom is 0.238 e. The molecule has 0 aliphatic carbocycles. The summed E-state index contributed by atoms with van der Waals surface area (Å²) in [6.07, 6.45) is 0. The summed E-state index contributed by atoms with van der Waals surface area (Å²) in [5, 5.41) is 6.26. The molecule has 1 saturated heterocycles. The van der Waals surface area contributed by atoms with Crippen LogP contribution in [0, 0.1) is 0 Å². The van der Waals surface area contributed by atoms with Crippen LogP contribution in [-0.4, -0.2) is 43.0 Å². The normalized spacial score (nSPS) is 20.3. The molecule has 2 aliphatic heterocycles. The van der Waals surface area contributed by atoms with E-state index in [0.717, 1.165) is 48.1 Å². The van der Waals surface area contributed by atoms with Gasteiger partial charge in [-0.15, -0.1) is 12.4 Å². The van der Waals surface area contributed by atoms with E-state index in [1.54, 1.807) is 0 Å². The minimum absolute atomic E-state index is 0. The van der Waals surface area contributed by atoms with Crippen LogP contribution < -0.4 is 10.6 Å². The predicted octanol–water partition coefficient (Wildman–Crippen LogP) is 2.07. The summed E-state index contributed by atoms with van der Waals surface area (Å²) in [4.78, 5) is 14.4. The van der Waals surface area contributed by atoms with Gasteiger partial charge in [0.05, 0.1) is 23.6 Å². The molecule has 0 bridgehead atoms. The lowest BCUT2D eigenvalue weighted by Crippen LogP contribution is -2.51. The highest BCUT2D eigenvalue weighted by atomic mass is 35.5. The van der Waals surface area contributed by atoms with Gasteiger partial charge in [0.1, 0.15) is 11.4 Å². The highest BCUT2D eigenvalue weighted by molar-refractivity contribution is 7.58. The van der Waals surface area contributed by atoms with Gasteiger partial charge >= 0.3 is 0 Å².